The largest absolute Gasteiger partial charge is 0.462 e. The zero-order valence-electron chi connectivity index (χ0n) is 11.2. The number of hydrogen-bond donors (Lipinski definition) is 1. The first kappa shape index (κ1) is 13.2. The van der Waals surface area contributed by atoms with Crippen LogP contribution >= 0.6 is 0 Å². The fraction of sp³-hybridized carbons (Fsp3) is 0.267. The van der Waals surface area contributed by atoms with Crippen molar-refractivity contribution in [2.24, 2.45) is 7.05 Å². The van der Waals surface area contributed by atoms with Crippen LogP contribution in [-0.4, -0.2) is 17.1 Å². The molecule has 1 aromatic carbocycles. The lowest BCUT2D eigenvalue weighted by Crippen LogP contribution is -2.05. The molecule has 100 valence electrons. The zero-order chi connectivity index (χ0) is 13.7. The summed E-state index contributed by atoms with van der Waals surface area (Å²) in [5.74, 6) is -0.280. The molecule has 0 unspecified atom stereocenters. The summed E-state index contributed by atoms with van der Waals surface area (Å²) in [5, 5.41) is 3.31. The second kappa shape index (κ2) is 6.09. The van der Waals surface area contributed by atoms with Gasteiger partial charge in [0.2, 0.25) is 0 Å². The van der Waals surface area contributed by atoms with Gasteiger partial charge in [-0.1, -0.05) is 0 Å². The highest BCUT2D eigenvalue weighted by Gasteiger charge is 2.05. The van der Waals surface area contributed by atoms with Crippen molar-refractivity contribution < 1.29 is 9.53 Å². The van der Waals surface area contributed by atoms with E-state index in [4.69, 9.17) is 4.74 Å². The molecule has 0 aliphatic carbocycles. The van der Waals surface area contributed by atoms with Crippen molar-refractivity contribution in [1.29, 1.82) is 0 Å². The van der Waals surface area contributed by atoms with E-state index in [-0.39, 0.29) is 5.97 Å². The van der Waals surface area contributed by atoms with Crippen LogP contribution in [0.25, 0.3) is 0 Å². The van der Waals surface area contributed by atoms with Gasteiger partial charge in [-0.15, -0.1) is 0 Å². The third-order valence-electron chi connectivity index (χ3n) is 2.79. The molecule has 4 nitrogen and oxygen atoms in total. The summed E-state index contributed by atoms with van der Waals surface area (Å²) in [6, 6.07) is 9.38. The number of benzene rings is 1. The van der Waals surface area contributed by atoms with E-state index < -0.39 is 0 Å². The van der Waals surface area contributed by atoms with E-state index in [1.807, 2.05) is 29.9 Å². The van der Waals surface area contributed by atoms with Gasteiger partial charge in [0, 0.05) is 31.7 Å². The van der Waals surface area contributed by atoms with E-state index in [0.29, 0.717) is 12.2 Å². The molecule has 19 heavy (non-hydrogen) atoms. The standard InChI is InChI=1S/C15H18N2O2/c1-3-19-15(18)13-4-6-14(7-5-13)16-10-12-8-9-17(2)11-12/h4-9,11,16H,3,10H2,1-2H3. The van der Waals surface area contributed by atoms with E-state index in [9.17, 15) is 4.79 Å². The molecule has 0 aliphatic rings. The number of anilines is 1. The molecule has 1 N–H and O–H groups in total. The lowest BCUT2D eigenvalue weighted by atomic mass is 10.2. The molecule has 0 fully saturated rings. The molecule has 2 aromatic rings. The summed E-state index contributed by atoms with van der Waals surface area (Å²) in [5.41, 5.74) is 2.78. The number of nitrogens with one attached hydrogen (secondary N) is 1. The predicted octanol–water partition coefficient (Wildman–Crippen LogP) is 2.81. The Hall–Kier alpha value is -2.23. The van der Waals surface area contributed by atoms with Crippen molar-refractivity contribution >= 4 is 11.7 Å². The van der Waals surface area contributed by atoms with Crippen molar-refractivity contribution in [1.82, 2.24) is 4.57 Å². The van der Waals surface area contributed by atoms with E-state index in [2.05, 4.69) is 17.6 Å². The molecular weight excluding hydrogens is 240 g/mol. The highest BCUT2D eigenvalue weighted by molar-refractivity contribution is 5.89. The van der Waals surface area contributed by atoms with Crippen molar-refractivity contribution in [3.63, 3.8) is 0 Å². The third kappa shape index (κ3) is 3.61. The second-order valence-corrected chi connectivity index (χ2v) is 4.34. The minimum atomic E-state index is -0.280. The van der Waals surface area contributed by atoms with Gasteiger partial charge in [0.05, 0.1) is 12.2 Å². The minimum absolute atomic E-state index is 0.280. The molecule has 0 spiro atoms. The molecule has 2 rings (SSSR count). The van der Waals surface area contributed by atoms with Crippen molar-refractivity contribution in [2.75, 3.05) is 11.9 Å². The third-order valence-corrected chi connectivity index (χ3v) is 2.79. The van der Waals surface area contributed by atoms with Gasteiger partial charge in [-0.25, -0.2) is 4.79 Å². The summed E-state index contributed by atoms with van der Waals surface area (Å²) in [6.07, 6.45) is 4.08. The van der Waals surface area contributed by atoms with Gasteiger partial charge < -0.3 is 14.6 Å². The van der Waals surface area contributed by atoms with Gasteiger partial charge in [-0.2, -0.15) is 0 Å². The smallest absolute Gasteiger partial charge is 0.338 e. The van der Waals surface area contributed by atoms with Crippen LogP contribution in [0, 0.1) is 0 Å². The molecule has 4 heteroatoms. The Kier molecular flexibility index (Phi) is 4.23. The van der Waals surface area contributed by atoms with Crippen LogP contribution in [0.2, 0.25) is 0 Å². The molecule has 0 radical (unpaired) electrons. The average Bonchev–Trinajstić information content (AvgIpc) is 2.83. The monoisotopic (exact) mass is 258 g/mol. The molecule has 1 heterocycles. The predicted molar refractivity (Wildman–Crippen MR) is 75.1 cm³/mol. The lowest BCUT2D eigenvalue weighted by Gasteiger charge is -2.06. The fourth-order valence-electron chi connectivity index (χ4n) is 1.81. The van der Waals surface area contributed by atoms with Crippen LogP contribution in [0.1, 0.15) is 22.8 Å². The van der Waals surface area contributed by atoms with Gasteiger partial charge in [-0.3, -0.25) is 0 Å². The van der Waals surface area contributed by atoms with Crippen LogP contribution in [0.15, 0.2) is 42.7 Å². The van der Waals surface area contributed by atoms with E-state index in [1.165, 1.54) is 5.56 Å². The Balaban J connectivity index is 1.93. The summed E-state index contributed by atoms with van der Waals surface area (Å²) >= 11 is 0. The molecule has 0 bridgehead atoms. The summed E-state index contributed by atoms with van der Waals surface area (Å²) < 4.78 is 6.95. The van der Waals surface area contributed by atoms with Crippen LogP contribution in [-0.2, 0) is 18.3 Å². The Bertz CT molecular complexity index is 544. The number of aromatic nitrogens is 1. The molecule has 0 amide bonds. The summed E-state index contributed by atoms with van der Waals surface area (Å²) in [4.78, 5) is 11.5. The first-order chi connectivity index (χ1) is 9.19. The lowest BCUT2D eigenvalue weighted by molar-refractivity contribution is 0.0526. The Labute approximate surface area is 113 Å². The summed E-state index contributed by atoms with van der Waals surface area (Å²) in [6.45, 7) is 2.96. The average molecular weight is 258 g/mol. The second-order valence-electron chi connectivity index (χ2n) is 4.34. The van der Waals surface area contributed by atoms with Gasteiger partial charge in [0.25, 0.3) is 0 Å². The fourth-order valence-corrected chi connectivity index (χ4v) is 1.81. The van der Waals surface area contributed by atoms with Crippen LogP contribution < -0.4 is 5.32 Å². The number of aryl methyl sites for hydroxylation is 1. The van der Waals surface area contributed by atoms with Crippen LogP contribution in [0.4, 0.5) is 5.69 Å². The molecular formula is C15H18N2O2. The number of carbonyl (C=O) groups is 1. The molecule has 0 saturated carbocycles. The SMILES string of the molecule is CCOC(=O)c1ccc(NCc2ccn(C)c2)cc1. The van der Waals surface area contributed by atoms with Gasteiger partial charge in [0.15, 0.2) is 0 Å². The highest BCUT2D eigenvalue weighted by atomic mass is 16.5. The number of nitrogens with zero attached hydrogens (tertiary/aromatic N) is 1. The topological polar surface area (TPSA) is 43.3 Å². The van der Waals surface area contributed by atoms with Crippen molar-refractivity contribution in [3.05, 3.63) is 53.9 Å². The normalized spacial score (nSPS) is 10.2. The Morgan fingerprint density at radius 1 is 1.26 bits per heavy atom. The number of esters is 1. The van der Waals surface area contributed by atoms with Gasteiger partial charge in [0.1, 0.15) is 0 Å². The first-order valence-electron chi connectivity index (χ1n) is 6.31. The highest BCUT2D eigenvalue weighted by Crippen LogP contribution is 2.12. The maximum atomic E-state index is 11.5. The van der Waals surface area contributed by atoms with E-state index in [0.717, 1.165) is 12.2 Å². The van der Waals surface area contributed by atoms with E-state index in [1.54, 1.807) is 19.1 Å². The van der Waals surface area contributed by atoms with Gasteiger partial charge >= 0.3 is 5.97 Å². The number of ether oxygens (including phenoxy) is 1. The quantitative estimate of drug-likeness (QED) is 0.839. The zero-order valence-corrected chi connectivity index (χ0v) is 11.2. The maximum absolute atomic E-state index is 11.5. The van der Waals surface area contributed by atoms with E-state index >= 15 is 0 Å². The van der Waals surface area contributed by atoms with Crippen molar-refractivity contribution in [3.8, 4) is 0 Å². The number of rotatable bonds is 5. The summed E-state index contributed by atoms with van der Waals surface area (Å²) in [7, 11) is 2.00. The number of hydrogen-bond acceptors (Lipinski definition) is 3. The molecule has 1 aromatic heterocycles. The molecule has 0 saturated heterocycles. The maximum Gasteiger partial charge on any atom is 0.338 e. The minimum Gasteiger partial charge on any atom is -0.462 e. The van der Waals surface area contributed by atoms with Crippen LogP contribution in [0.3, 0.4) is 0 Å². The van der Waals surface area contributed by atoms with Crippen molar-refractivity contribution in [2.45, 2.75) is 13.5 Å². The van der Waals surface area contributed by atoms with Crippen LogP contribution in [0.5, 0.6) is 0 Å². The Morgan fingerprint density at radius 2 is 2.00 bits per heavy atom. The number of carbonyl (C=O) groups excluding carboxylic acids is 1. The first-order valence-corrected chi connectivity index (χ1v) is 6.31. The molecule has 0 atom stereocenters. The Morgan fingerprint density at radius 3 is 2.58 bits per heavy atom. The van der Waals surface area contributed by atoms with Gasteiger partial charge in [-0.05, 0) is 42.8 Å². The molecule has 0 aliphatic heterocycles.